The molecule has 0 spiro atoms. The molecule has 0 radical (unpaired) electrons. The SMILES string of the molecule is CC(=O)NCCc1[nH]cnc1C(F)(F)F. The van der Waals surface area contributed by atoms with Crippen LogP contribution in [0.2, 0.25) is 0 Å². The Labute approximate surface area is 83.9 Å². The largest absolute Gasteiger partial charge is 0.435 e. The van der Waals surface area contributed by atoms with Crippen LogP contribution in [0.25, 0.3) is 0 Å². The van der Waals surface area contributed by atoms with Crippen molar-refractivity contribution in [3.63, 3.8) is 0 Å². The maximum absolute atomic E-state index is 12.3. The first-order chi connectivity index (χ1) is 6.91. The van der Waals surface area contributed by atoms with Gasteiger partial charge in [-0.25, -0.2) is 4.98 Å². The fourth-order valence-corrected chi connectivity index (χ4v) is 1.12. The highest BCUT2D eigenvalue weighted by atomic mass is 19.4. The number of aromatic nitrogens is 2. The summed E-state index contributed by atoms with van der Waals surface area (Å²) in [6, 6.07) is 0. The Morgan fingerprint density at radius 1 is 1.60 bits per heavy atom. The van der Waals surface area contributed by atoms with Crippen LogP contribution in [0.1, 0.15) is 18.3 Å². The van der Waals surface area contributed by atoms with Crippen molar-refractivity contribution in [2.45, 2.75) is 19.5 Å². The molecule has 0 atom stereocenters. The predicted octanol–water partition coefficient (Wildman–Crippen LogP) is 1.11. The summed E-state index contributed by atoms with van der Waals surface area (Å²) in [6.45, 7) is 1.46. The minimum Gasteiger partial charge on any atom is -0.356 e. The van der Waals surface area contributed by atoms with Gasteiger partial charge in [0.05, 0.1) is 6.33 Å². The minimum absolute atomic E-state index is 0.0174. The molecule has 84 valence electrons. The molecule has 0 saturated carbocycles. The van der Waals surface area contributed by atoms with Crippen molar-refractivity contribution in [1.29, 1.82) is 0 Å². The van der Waals surface area contributed by atoms with E-state index in [0.717, 1.165) is 6.33 Å². The molecular formula is C8H10F3N3O. The Bertz CT molecular complexity index is 345. The molecule has 7 heteroatoms. The number of nitrogens with zero attached hydrogens (tertiary/aromatic N) is 1. The number of carbonyl (C=O) groups excluding carboxylic acids is 1. The topological polar surface area (TPSA) is 57.8 Å². The highest BCUT2D eigenvalue weighted by Crippen LogP contribution is 2.29. The summed E-state index contributed by atoms with van der Waals surface area (Å²) in [6.07, 6.45) is -3.38. The third kappa shape index (κ3) is 3.26. The van der Waals surface area contributed by atoms with Gasteiger partial charge < -0.3 is 10.3 Å². The van der Waals surface area contributed by atoms with Gasteiger partial charge in [-0.15, -0.1) is 0 Å². The van der Waals surface area contributed by atoms with E-state index in [1.54, 1.807) is 0 Å². The molecule has 1 aromatic rings. The van der Waals surface area contributed by atoms with E-state index in [4.69, 9.17) is 0 Å². The van der Waals surface area contributed by atoms with Gasteiger partial charge in [-0.3, -0.25) is 4.79 Å². The number of hydrogen-bond donors (Lipinski definition) is 2. The second-order valence-corrected chi connectivity index (χ2v) is 2.96. The summed E-state index contributed by atoms with van der Waals surface area (Å²) in [7, 11) is 0. The van der Waals surface area contributed by atoms with Crippen LogP contribution in [0.15, 0.2) is 6.33 Å². The van der Waals surface area contributed by atoms with Crippen molar-refractivity contribution in [1.82, 2.24) is 15.3 Å². The zero-order valence-corrected chi connectivity index (χ0v) is 7.98. The lowest BCUT2D eigenvalue weighted by Crippen LogP contribution is -2.23. The van der Waals surface area contributed by atoms with E-state index in [0.29, 0.717) is 0 Å². The van der Waals surface area contributed by atoms with Gasteiger partial charge in [0, 0.05) is 25.6 Å². The molecular weight excluding hydrogens is 211 g/mol. The molecule has 1 aromatic heterocycles. The number of rotatable bonds is 3. The minimum atomic E-state index is -4.45. The Kier molecular flexibility index (Phi) is 3.33. The summed E-state index contributed by atoms with van der Waals surface area (Å²) < 4.78 is 36.9. The number of nitrogens with one attached hydrogen (secondary N) is 2. The van der Waals surface area contributed by atoms with Crippen LogP contribution < -0.4 is 5.32 Å². The first-order valence-corrected chi connectivity index (χ1v) is 4.25. The molecule has 15 heavy (non-hydrogen) atoms. The van der Waals surface area contributed by atoms with Crippen molar-refractivity contribution < 1.29 is 18.0 Å². The molecule has 0 saturated heterocycles. The summed E-state index contributed by atoms with van der Waals surface area (Å²) in [5.41, 5.74) is -0.941. The van der Waals surface area contributed by atoms with Gasteiger partial charge in [0.1, 0.15) is 0 Å². The Balaban J connectivity index is 2.62. The number of amides is 1. The molecule has 0 fully saturated rings. The molecule has 0 aliphatic rings. The van der Waals surface area contributed by atoms with E-state index >= 15 is 0 Å². The number of hydrogen-bond acceptors (Lipinski definition) is 2. The molecule has 2 N–H and O–H groups in total. The van der Waals surface area contributed by atoms with Gasteiger partial charge in [0.25, 0.3) is 0 Å². The highest BCUT2D eigenvalue weighted by Gasteiger charge is 2.35. The van der Waals surface area contributed by atoms with E-state index in [2.05, 4.69) is 15.3 Å². The quantitative estimate of drug-likeness (QED) is 0.803. The smallest absolute Gasteiger partial charge is 0.356 e. The number of aromatic amines is 1. The summed E-state index contributed by atoms with van der Waals surface area (Å²) in [5.74, 6) is -0.275. The molecule has 4 nitrogen and oxygen atoms in total. The summed E-state index contributed by atoms with van der Waals surface area (Å²) in [5, 5.41) is 2.41. The second kappa shape index (κ2) is 4.33. The monoisotopic (exact) mass is 221 g/mol. The van der Waals surface area contributed by atoms with Gasteiger partial charge >= 0.3 is 6.18 Å². The van der Waals surface area contributed by atoms with Crippen molar-refractivity contribution in [2.75, 3.05) is 6.54 Å². The lowest BCUT2D eigenvalue weighted by molar-refractivity contribution is -0.141. The van der Waals surface area contributed by atoms with Gasteiger partial charge in [0.2, 0.25) is 5.91 Å². The van der Waals surface area contributed by atoms with Crippen LogP contribution in [0.4, 0.5) is 13.2 Å². The Hall–Kier alpha value is -1.53. The number of carbonyl (C=O) groups is 1. The predicted molar refractivity (Wildman–Crippen MR) is 46.0 cm³/mol. The van der Waals surface area contributed by atoms with Gasteiger partial charge in [-0.05, 0) is 0 Å². The zero-order chi connectivity index (χ0) is 11.5. The number of halogens is 3. The number of alkyl halides is 3. The van der Waals surface area contributed by atoms with Crippen molar-refractivity contribution in [3.05, 3.63) is 17.7 Å². The van der Waals surface area contributed by atoms with E-state index in [-0.39, 0.29) is 24.6 Å². The maximum Gasteiger partial charge on any atom is 0.435 e. The molecule has 1 heterocycles. The van der Waals surface area contributed by atoms with Crippen LogP contribution >= 0.6 is 0 Å². The fourth-order valence-electron chi connectivity index (χ4n) is 1.12. The van der Waals surface area contributed by atoms with Crippen LogP contribution in [0, 0.1) is 0 Å². The normalized spacial score (nSPS) is 11.5. The molecule has 1 rings (SSSR count). The molecule has 0 bridgehead atoms. The van der Waals surface area contributed by atoms with E-state index in [1.807, 2.05) is 0 Å². The summed E-state index contributed by atoms with van der Waals surface area (Å²) >= 11 is 0. The average Bonchev–Trinajstić information content (AvgIpc) is 2.50. The summed E-state index contributed by atoms with van der Waals surface area (Å²) in [4.78, 5) is 16.1. The van der Waals surface area contributed by atoms with Crippen molar-refractivity contribution in [3.8, 4) is 0 Å². The van der Waals surface area contributed by atoms with Crippen LogP contribution in [-0.4, -0.2) is 22.4 Å². The average molecular weight is 221 g/mol. The first-order valence-electron chi connectivity index (χ1n) is 4.25. The van der Waals surface area contributed by atoms with E-state index in [9.17, 15) is 18.0 Å². The first kappa shape index (κ1) is 11.5. The van der Waals surface area contributed by atoms with Gasteiger partial charge in [0.15, 0.2) is 5.69 Å². The fraction of sp³-hybridized carbons (Fsp3) is 0.500. The third-order valence-corrected chi connectivity index (χ3v) is 1.74. The lowest BCUT2D eigenvalue weighted by Gasteiger charge is -2.06. The molecule has 0 unspecified atom stereocenters. The lowest BCUT2D eigenvalue weighted by atomic mass is 10.2. The van der Waals surface area contributed by atoms with Gasteiger partial charge in [-0.2, -0.15) is 13.2 Å². The van der Waals surface area contributed by atoms with Crippen molar-refractivity contribution in [2.24, 2.45) is 0 Å². The van der Waals surface area contributed by atoms with Crippen LogP contribution in [0.5, 0.6) is 0 Å². The standard InChI is InChI=1S/C8H10F3N3O/c1-5(15)12-3-2-6-7(8(9,10)11)14-4-13-6/h4H,2-3H2,1H3,(H,12,15)(H,13,14). The second-order valence-electron chi connectivity index (χ2n) is 2.96. The molecule has 0 aromatic carbocycles. The third-order valence-electron chi connectivity index (χ3n) is 1.74. The number of imidazole rings is 1. The van der Waals surface area contributed by atoms with Crippen molar-refractivity contribution >= 4 is 5.91 Å². The molecule has 1 amide bonds. The maximum atomic E-state index is 12.3. The molecule has 0 aliphatic carbocycles. The van der Waals surface area contributed by atoms with E-state index in [1.165, 1.54) is 6.92 Å². The van der Waals surface area contributed by atoms with E-state index < -0.39 is 11.9 Å². The van der Waals surface area contributed by atoms with Crippen LogP contribution in [-0.2, 0) is 17.4 Å². The molecule has 0 aliphatic heterocycles. The van der Waals surface area contributed by atoms with Gasteiger partial charge in [-0.1, -0.05) is 0 Å². The highest BCUT2D eigenvalue weighted by molar-refractivity contribution is 5.72. The number of H-pyrrole nitrogens is 1. The van der Waals surface area contributed by atoms with Crippen LogP contribution in [0.3, 0.4) is 0 Å². The Morgan fingerprint density at radius 2 is 2.27 bits per heavy atom. The Morgan fingerprint density at radius 3 is 2.80 bits per heavy atom. The zero-order valence-electron chi connectivity index (χ0n) is 7.98.